The Morgan fingerprint density at radius 1 is 1.23 bits per heavy atom. The van der Waals surface area contributed by atoms with Crippen molar-refractivity contribution < 1.29 is 9.53 Å². The maximum absolute atomic E-state index is 11.6. The van der Waals surface area contributed by atoms with E-state index in [0.29, 0.717) is 30.4 Å². The summed E-state index contributed by atoms with van der Waals surface area (Å²) in [5, 5.41) is 8.70. The van der Waals surface area contributed by atoms with Crippen LogP contribution in [0.5, 0.6) is 0 Å². The number of aromatic nitrogens is 3. The third-order valence-electron chi connectivity index (χ3n) is 5.19. The Bertz CT molecular complexity index is 550. The smallest absolute Gasteiger partial charge is 0.308 e. The number of esters is 1. The molecule has 0 bridgehead atoms. The maximum atomic E-state index is 11.6. The minimum atomic E-state index is -0.0697. The van der Waals surface area contributed by atoms with Crippen LogP contribution in [0.4, 0.5) is 0 Å². The van der Waals surface area contributed by atoms with Crippen molar-refractivity contribution in [1.29, 1.82) is 0 Å². The monoisotopic (exact) mass is 305 g/mol. The normalized spacial score (nSPS) is 27.1. The molecule has 5 nitrogen and oxygen atoms in total. The van der Waals surface area contributed by atoms with Gasteiger partial charge in [-0.3, -0.25) is 4.79 Å². The molecule has 1 fully saturated rings. The van der Waals surface area contributed by atoms with Gasteiger partial charge in [0.25, 0.3) is 0 Å². The minimum Gasteiger partial charge on any atom is -0.465 e. The van der Waals surface area contributed by atoms with Crippen molar-refractivity contribution in [3.05, 3.63) is 11.4 Å². The van der Waals surface area contributed by atoms with E-state index in [0.717, 1.165) is 19.3 Å². The summed E-state index contributed by atoms with van der Waals surface area (Å²) in [6, 6.07) is 0.369. The van der Waals surface area contributed by atoms with Crippen LogP contribution in [0.2, 0.25) is 0 Å². The van der Waals surface area contributed by atoms with Crippen molar-refractivity contribution in [3.63, 3.8) is 0 Å². The van der Waals surface area contributed by atoms with Crippen LogP contribution >= 0.6 is 0 Å². The van der Waals surface area contributed by atoms with Crippen molar-refractivity contribution in [3.8, 4) is 0 Å². The summed E-state index contributed by atoms with van der Waals surface area (Å²) in [7, 11) is 0. The number of carbonyl (C=O) groups is 1. The van der Waals surface area contributed by atoms with Gasteiger partial charge in [0.2, 0.25) is 0 Å². The molecule has 0 radical (unpaired) electrons. The molecule has 2 aliphatic carbocycles. The lowest BCUT2D eigenvalue weighted by molar-refractivity contribution is -0.148. The summed E-state index contributed by atoms with van der Waals surface area (Å²) in [6.07, 6.45) is 4.38. The molecule has 3 rings (SSSR count). The number of aryl methyl sites for hydroxylation is 1. The first-order chi connectivity index (χ1) is 10.5. The molecule has 0 saturated heterocycles. The summed E-state index contributed by atoms with van der Waals surface area (Å²) >= 11 is 0. The van der Waals surface area contributed by atoms with Crippen LogP contribution in [0, 0.1) is 23.7 Å². The topological polar surface area (TPSA) is 57.0 Å². The average molecular weight is 305 g/mol. The van der Waals surface area contributed by atoms with Crippen LogP contribution in [0.3, 0.4) is 0 Å². The van der Waals surface area contributed by atoms with Crippen LogP contribution in [0.25, 0.3) is 0 Å². The molecular weight excluding hydrogens is 278 g/mol. The van der Waals surface area contributed by atoms with E-state index in [2.05, 4.69) is 28.8 Å². The van der Waals surface area contributed by atoms with Gasteiger partial charge in [-0.25, -0.2) is 4.68 Å². The number of rotatable bonds is 4. The molecule has 0 aromatic carbocycles. The molecule has 3 atom stereocenters. The first-order valence-corrected chi connectivity index (χ1v) is 8.58. The van der Waals surface area contributed by atoms with E-state index in [1.807, 2.05) is 13.8 Å². The van der Waals surface area contributed by atoms with E-state index in [4.69, 9.17) is 4.74 Å². The fourth-order valence-corrected chi connectivity index (χ4v) is 3.79. The Kier molecular flexibility index (Phi) is 4.24. The van der Waals surface area contributed by atoms with Crippen LogP contribution in [-0.2, 0) is 22.4 Å². The van der Waals surface area contributed by atoms with Gasteiger partial charge in [-0.15, -0.1) is 5.10 Å². The third kappa shape index (κ3) is 2.90. The zero-order chi connectivity index (χ0) is 15.9. The highest BCUT2D eigenvalue weighted by molar-refractivity contribution is 5.71. The molecule has 122 valence electrons. The molecule has 5 heteroatoms. The van der Waals surface area contributed by atoms with Gasteiger partial charge in [0.15, 0.2) is 0 Å². The van der Waals surface area contributed by atoms with Crippen molar-refractivity contribution >= 4 is 5.97 Å². The fraction of sp³-hybridized carbons (Fsp3) is 0.824. The molecule has 1 aromatic rings. The Morgan fingerprint density at radius 2 is 1.91 bits per heavy atom. The molecule has 1 aromatic heterocycles. The number of nitrogens with zero attached hydrogens (tertiary/aromatic N) is 3. The Morgan fingerprint density at radius 3 is 2.55 bits per heavy atom. The number of ether oxygens (including phenoxy) is 1. The molecule has 22 heavy (non-hydrogen) atoms. The van der Waals surface area contributed by atoms with E-state index in [-0.39, 0.29) is 11.9 Å². The standard InChI is InChI=1S/C17H27N3O2/c1-10(2)17(21)22-9-14-12-5-7-15-16(8-6-13(12)14)20(11(3)4)19-18-15/h10-14H,5-9H2,1-4H3/t12-,13+,14?/m0/s1. The van der Waals surface area contributed by atoms with Crippen molar-refractivity contribution in [2.24, 2.45) is 23.7 Å². The number of fused-ring (bicyclic) bond motifs is 2. The van der Waals surface area contributed by atoms with Crippen LogP contribution in [0.1, 0.15) is 58.0 Å². The largest absolute Gasteiger partial charge is 0.465 e. The fourth-order valence-electron chi connectivity index (χ4n) is 3.79. The van der Waals surface area contributed by atoms with Crippen LogP contribution in [-0.4, -0.2) is 27.6 Å². The van der Waals surface area contributed by atoms with Crippen LogP contribution < -0.4 is 0 Å². The first-order valence-electron chi connectivity index (χ1n) is 8.58. The van der Waals surface area contributed by atoms with Gasteiger partial charge in [-0.2, -0.15) is 0 Å². The highest BCUT2D eigenvalue weighted by Gasteiger charge is 2.50. The summed E-state index contributed by atoms with van der Waals surface area (Å²) in [5.74, 6) is 1.88. The second-order valence-electron chi connectivity index (χ2n) is 7.37. The molecule has 0 N–H and O–H groups in total. The number of hydrogen-bond donors (Lipinski definition) is 0. The van der Waals surface area contributed by atoms with E-state index in [1.165, 1.54) is 17.8 Å². The van der Waals surface area contributed by atoms with Crippen molar-refractivity contribution in [2.45, 2.75) is 59.4 Å². The van der Waals surface area contributed by atoms with E-state index in [9.17, 15) is 4.79 Å². The van der Waals surface area contributed by atoms with Gasteiger partial charge < -0.3 is 4.74 Å². The van der Waals surface area contributed by atoms with E-state index >= 15 is 0 Å². The van der Waals surface area contributed by atoms with E-state index in [1.54, 1.807) is 0 Å². The second kappa shape index (κ2) is 6.01. The predicted molar refractivity (Wildman–Crippen MR) is 83.3 cm³/mol. The molecule has 0 aliphatic heterocycles. The lowest BCUT2D eigenvalue weighted by Gasteiger charge is -2.12. The number of hydrogen-bond acceptors (Lipinski definition) is 4. The van der Waals surface area contributed by atoms with E-state index < -0.39 is 0 Å². The Balaban J connectivity index is 1.60. The Labute approximate surface area is 132 Å². The lowest BCUT2D eigenvalue weighted by atomic mass is 10.0. The van der Waals surface area contributed by atoms with Crippen LogP contribution in [0.15, 0.2) is 0 Å². The zero-order valence-corrected chi connectivity index (χ0v) is 14.1. The summed E-state index contributed by atoms with van der Waals surface area (Å²) in [5.41, 5.74) is 2.50. The average Bonchev–Trinajstić information content (AvgIpc) is 2.93. The summed E-state index contributed by atoms with van der Waals surface area (Å²) < 4.78 is 7.52. The molecular formula is C17H27N3O2. The molecule has 1 unspecified atom stereocenters. The predicted octanol–water partition coefficient (Wildman–Crippen LogP) is 2.80. The van der Waals surface area contributed by atoms with Gasteiger partial charge >= 0.3 is 5.97 Å². The van der Waals surface area contributed by atoms with Gasteiger partial charge in [0.1, 0.15) is 0 Å². The minimum absolute atomic E-state index is 0.0307. The van der Waals surface area contributed by atoms with Crippen molar-refractivity contribution in [2.75, 3.05) is 6.61 Å². The second-order valence-corrected chi connectivity index (χ2v) is 7.37. The quantitative estimate of drug-likeness (QED) is 0.803. The highest BCUT2D eigenvalue weighted by atomic mass is 16.5. The third-order valence-corrected chi connectivity index (χ3v) is 5.19. The SMILES string of the molecule is CC(C)C(=O)OCC1[C@H]2CCc3nnn(C(C)C)c3CC[C@@H]12. The molecule has 2 aliphatic rings. The Hall–Kier alpha value is -1.39. The zero-order valence-electron chi connectivity index (χ0n) is 14.1. The van der Waals surface area contributed by atoms with Crippen molar-refractivity contribution in [1.82, 2.24) is 15.0 Å². The first kappa shape index (κ1) is 15.5. The van der Waals surface area contributed by atoms with Gasteiger partial charge in [0.05, 0.1) is 23.9 Å². The highest BCUT2D eigenvalue weighted by Crippen LogP contribution is 2.53. The van der Waals surface area contributed by atoms with Gasteiger partial charge in [0, 0.05) is 6.04 Å². The summed E-state index contributed by atoms with van der Waals surface area (Å²) in [4.78, 5) is 11.6. The number of carbonyl (C=O) groups excluding carboxylic acids is 1. The lowest BCUT2D eigenvalue weighted by Crippen LogP contribution is -2.14. The van der Waals surface area contributed by atoms with Gasteiger partial charge in [-0.05, 0) is 57.3 Å². The maximum Gasteiger partial charge on any atom is 0.308 e. The molecule has 0 spiro atoms. The molecule has 1 heterocycles. The molecule has 0 amide bonds. The summed E-state index contributed by atoms with van der Waals surface area (Å²) in [6.45, 7) is 8.69. The van der Waals surface area contributed by atoms with Gasteiger partial charge in [-0.1, -0.05) is 19.1 Å². The molecule has 1 saturated carbocycles.